The molecule has 0 amide bonds. The van der Waals surface area contributed by atoms with Crippen molar-refractivity contribution in [3.63, 3.8) is 0 Å². The standard InChI is InChI=1S/C13H12N2O5S/c1-9-13(7-12(19-9)11-4-5-14-20-11)21(16,17)15-8-10-3-2-6-18-10/h2-7,15H,8H2,1H3. The van der Waals surface area contributed by atoms with Gasteiger partial charge in [0.2, 0.25) is 15.8 Å². The van der Waals surface area contributed by atoms with Crippen LogP contribution < -0.4 is 4.72 Å². The van der Waals surface area contributed by atoms with Crippen molar-refractivity contribution in [1.82, 2.24) is 9.88 Å². The number of aryl methyl sites for hydroxylation is 1. The lowest BCUT2D eigenvalue weighted by atomic mass is 10.3. The number of sulfonamides is 1. The van der Waals surface area contributed by atoms with Gasteiger partial charge in [0, 0.05) is 12.1 Å². The molecule has 0 aliphatic rings. The molecule has 0 saturated heterocycles. The maximum absolute atomic E-state index is 12.3. The predicted octanol–water partition coefficient (Wildman–Crippen LogP) is 2.31. The first-order chi connectivity index (χ1) is 10.1. The summed E-state index contributed by atoms with van der Waals surface area (Å²) in [6.45, 7) is 1.64. The van der Waals surface area contributed by atoms with Gasteiger partial charge in [0.1, 0.15) is 16.4 Å². The zero-order chi connectivity index (χ0) is 14.9. The van der Waals surface area contributed by atoms with Gasteiger partial charge >= 0.3 is 0 Å². The first kappa shape index (κ1) is 13.7. The molecular formula is C13H12N2O5S. The summed E-state index contributed by atoms with van der Waals surface area (Å²) in [5.74, 6) is 1.47. The average Bonchev–Trinajstić information content (AvgIpc) is 3.18. The van der Waals surface area contributed by atoms with Gasteiger partial charge in [0.25, 0.3) is 0 Å². The number of rotatable bonds is 5. The second-order valence-electron chi connectivity index (χ2n) is 4.31. The van der Waals surface area contributed by atoms with E-state index in [2.05, 4.69) is 9.88 Å². The lowest BCUT2D eigenvalue weighted by molar-refractivity contribution is 0.414. The first-order valence-corrected chi connectivity index (χ1v) is 7.58. The molecule has 3 aromatic rings. The minimum absolute atomic E-state index is 0.0560. The van der Waals surface area contributed by atoms with Crippen molar-refractivity contribution in [2.24, 2.45) is 0 Å². The molecule has 7 nitrogen and oxygen atoms in total. The van der Waals surface area contributed by atoms with E-state index in [0.717, 1.165) is 0 Å². The Balaban J connectivity index is 1.85. The van der Waals surface area contributed by atoms with Gasteiger partial charge in [-0.05, 0) is 19.1 Å². The quantitative estimate of drug-likeness (QED) is 0.776. The highest BCUT2D eigenvalue weighted by molar-refractivity contribution is 7.89. The van der Waals surface area contributed by atoms with E-state index in [4.69, 9.17) is 13.4 Å². The summed E-state index contributed by atoms with van der Waals surface area (Å²) in [4.78, 5) is 0.0560. The second-order valence-corrected chi connectivity index (χ2v) is 6.05. The van der Waals surface area contributed by atoms with E-state index in [9.17, 15) is 8.42 Å². The van der Waals surface area contributed by atoms with Crippen molar-refractivity contribution in [1.29, 1.82) is 0 Å². The van der Waals surface area contributed by atoms with Gasteiger partial charge in [-0.2, -0.15) is 0 Å². The molecule has 3 aromatic heterocycles. The van der Waals surface area contributed by atoms with Crippen LogP contribution in [-0.4, -0.2) is 13.6 Å². The Labute approximate surface area is 120 Å². The minimum Gasteiger partial charge on any atom is -0.468 e. The van der Waals surface area contributed by atoms with Crippen LogP contribution in [0.2, 0.25) is 0 Å². The lowest BCUT2D eigenvalue weighted by Gasteiger charge is -2.03. The minimum atomic E-state index is -3.70. The van der Waals surface area contributed by atoms with E-state index in [-0.39, 0.29) is 17.2 Å². The molecule has 0 saturated carbocycles. The van der Waals surface area contributed by atoms with Crippen LogP contribution in [0.1, 0.15) is 11.5 Å². The van der Waals surface area contributed by atoms with Gasteiger partial charge in [-0.3, -0.25) is 0 Å². The molecule has 0 unspecified atom stereocenters. The van der Waals surface area contributed by atoms with Crippen molar-refractivity contribution < 1.29 is 21.8 Å². The van der Waals surface area contributed by atoms with Crippen LogP contribution in [-0.2, 0) is 16.6 Å². The van der Waals surface area contributed by atoms with E-state index < -0.39 is 10.0 Å². The molecule has 0 atom stereocenters. The fourth-order valence-electron chi connectivity index (χ4n) is 1.85. The average molecular weight is 308 g/mol. The van der Waals surface area contributed by atoms with E-state index in [1.54, 1.807) is 25.1 Å². The highest BCUT2D eigenvalue weighted by Gasteiger charge is 2.23. The molecule has 0 radical (unpaired) electrons. The van der Waals surface area contributed by atoms with Gasteiger partial charge in [-0.15, -0.1) is 0 Å². The van der Waals surface area contributed by atoms with Gasteiger partial charge in [-0.25, -0.2) is 13.1 Å². The Morgan fingerprint density at radius 2 is 2.14 bits per heavy atom. The molecule has 0 aromatic carbocycles. The molecule has 0 spiro atoms. The summed E-state index contributed by atoms with van der Waals surface area (Å²) in [5.41, 5.74) is 0. The number of nitrogens with one attached hydrogen (secondary N) is 1. The Hall–Kier alpha value is -2.32. The topological polar surface area (TPSA) is 98.5 Å². The van der Waals surface area contributed by atoms with Crippen LogP contribution in [0, 0.1) is 6.92 Å². The molecular weight excluding hydrogens is 296 g/mol. The van der Waals surface area contributed by atoms with Gasteiger partial charge in [0.15, 0.2) is 5.76 Å². The van der Waals surface area contributed by atoms with Crippen molar-refractivity contribution in [2.45, 2.75) is 18.4 Å². The largest absolute Gasteiger partial charge is 0.468 e. The van der Waals surface area contributed by atoms with Crippen LogP contribution in [0.25, 0.3) is 11.5 Å². The van der Waals surface area contributed by atoms with Crippen LogP contribution in [0.5, 0.6) is 0 Å². The Morgan fingerprint density at radius 3 is 2.81 bits per heavy atom. The van der Waals surface area contributed by atoms with Crippen molar-refractivity contribution in [3.8, 4) is 11.5 Å². The highest BCUT2D eigenvalue weighted by Crippen LogP contribution is 2.27. The number of aromatic nitrogens is 1. The molecule has 1 N–H and O–H groups in total. The Bertz CT molecular complexity index is 816. The van der Waals surface area contributed by atoms with Crippen molar-refractivity contribution >= 4 is 10.0 Å². The predicted molar refractivity (Wildman–Crippen MR) is 71.7 cm³/mol. The van der Waals surface area contributed by atoms with Crippen LogP contribution in [0.15, 0.2) is 55.0 Å². The van der Waals surface area contributed by atoms with Crippen LogP contribution in [0.3, 0.4) is 0 Å². The third-order valence-corrected chi connectivity index (χ3v) is 4.37. The molecule has 0 aliphatic carbocycles. The van der Waals surface area contributed by atoms with E-state index >= 15 is 0 Å². The smallest absolute Gasteiger partial charge is 0.244 e. The third kappa shape index (κ3) is 2.76. The van der Waals surface area contributed by atoms with Crippen LogP contribution in [0.4, 0.5) is 0 Å². The molecule has 0 fully saturated rings. The summed E-state index contributed by atoms with van der Waals surface area (Å²) in [7, 11) is -3.70. The molecule has 21 heavy (non-hydrogen) atoms. The fraction of sp³-hybridized carbons (Fsp3) is 0.154. The SMILES string of the molecule is Cc1oc(-c2ccno2)cc1S(=O)(=O)NCc1ccco1. The number of hydrogen-bond donors (Lipinski definition) is 1. The van der Waals surface area contributed by atoms with Gasteiger partial charge < -0.3 is 13.4 Å². The normalized spacial score (nSPS) is 11.9. The fourth-order valence-corrected chi connectivity index (χ4v) is 3.02. The molecule has 110 valence electrons. The summed E-state index contributed by atoms with van der Waals surface area (Å²) < 4.78 is 42.4. The maximum Gasteiger partial charge on any atom is 0.244 e. The maximum atomic E-state index is 12.3. The van der Waals surface area contributed by atoms with Gasteiger partial charge in [0.05, 0.1) is 19.0 Å². The zero-order valence-electron chi connectivity index (χ0n) is 11.1. The van der Waals surface area contributed by atoms with E-state index in [1.165, 1.54) is 18.5 Å². The number of nitrogens with zero attached hydrogens (tertiary/aromatic N) is 1. The molecule has 8 heteroatoms. The molecule has 3 rings (SSSR count). The monoisotopic (exact) mass is 308 g/mol. The molecule has 0 aliphatic heterocycles. The van der Waals surface area contributed by atoms with E-state index in [1.807, 2.05) is 0 Å². The first-order valence-electron chi connectivity index (χ1n) is 6.10. The van der Waals surface area contributed by atoms with Crippen molar-refractivity contribution in [3.05, 3.63) is 48.2 Å². The zero-order valence-corrected chi connectivity index (χ0v) is 11.9. The Kier molecular flexibility index (Phi) is 3.40. The summed E-state index contributed by atoms with van der Waals surface area (Å²) in [6.07, 6.45) is 2.94. The molecule has 3 heterocycles. The lowest BCUT2D eigenvalue weighted by Crippen LogP contribution is -2.23. The third-order valence-electron chi connectivity index (χ3n) is 2.86. The number of furan rings is 2. The second kappa shape index (κ2) is 5.23. The number of hydrogen-bond acceptors (Lipinski definition) is 6. The van der Waals surface area contributed by atoms with Crippen LogP contribution >= 0.6 is 0 Å². The Morgan fingerprint density at radius 1 is 1.29 bits per heavy atom. The van der Waals surface area contributed by atoms with Gasteiger partial charge in [-0.1, -0.05) is 5.16 Å². The summed E-state index contributed by atoms with van der Waals surface area (Å²) in [5, 5.41) is 3.56. The highest BCUT2D eigenvalue weighted by atomic mass is 32.2. The summed E-state index contributed by atoms with van der Waals surface area (Å²) in [6, 6.07) is 6.37. The van der Waals surface area contributed by atoms with Crippen molar-refractivity contribution in [2.75, 3.05) is 0 Å². The van der Waals surface area contributed by atoms with E-state index in [0.29, 0.717) is 17.3 Å². The molecule has 0 bridgehead atoms. The summed E-state index contributed by atoms with van der Waals surface area (Å²) >= 11 is 0.